The summed E-state index contributed by atoms with van der Waals surface area (Å²) >= 11 is 13.4. The summed E-state index contributed by atoms with van der Waals surface area (Å²) in [7, 11) is 0. The van der Waals surface area contributed by atoms with Gasteiger partial charge in [0.25, 0.3) is 11.6 Å². The SMILES string of the molecule is CSCC(C)CNC(=O)c1cc([N+](=O)[O-])cc(Cl)c1Cl. The van der Waals surface area contributed by atoms with Crippen molar-refractivity contribution < 1.29 is 9.72 Å². The van der Waals surface area contributed by atoms with Gasteiger partial charge in [-0.1, -0.05) is 30.1 Å². The Hall–Kier alpha value is -0.980. The number of rotatable bonds is 6. The summed E-state index contributed by atoms with van der Waals surface area (Å²) in [6, 6.07) is 2.25. The van der Waals surface area contributed by atoms with Crippen LogP contribution in [0, 0.1) is 16.0 Å². The van der Waals surface area contributed by atoms with E-state index < -0.39 is 10.8 Å². The average molecular weight is 337 g/mol. The molecular formula is C12H14Cl2N2O3S. The number of benzene rings is 1. The molecule has 0 bridgehead atoms. The van der Waals surface area contributed by atoms with E-state index in [4.69, 9.17) is 23.2 Å². The van der Waals surface area contributed by atoms with Gasteiger partial charge in [-0.2, -0.15) is 11.8 Å². The van der Waals surface area contributed by atoms with Gasteiger partial charge in [0.1, 0.15) is 0 Å². The number of carbonyl (C=O) groups excluding carboxylic acids is 1. The number of nitrogens with zero attached hydrogens (tertiary/aromatic N) is 1. The molecule has 0 aliphatic rings. The molecule has 1 N–H and O–H groups in total. The highest BCUT2D eigenvalue weighted by molar-refractivity contribution is 7.98. The largest absolute Gasteiger partial charge is 0.352 e. The molecule has 1 aromatic carbocycles. The number of nitro groups is 1. The van der Waals surface area contributed by atoms with E-state index in [1.807, 2.05) is 13.2 Å². The lowest BCUT2D eigenvalue weighted by Gasteiger charge is -2.12. The molecule has 0 saturated carbocycles. The summed E-state index contributed by atoms with van der Waals surface area (Å²) < 4.78 is 0. The van der Waals surface area contributed by atoms with Crippen molar-refractivity contribution in [2.45, 2.75) is 6.92 Å². The van der Waals surface area contributed by atoms with Gasteiger partial charge in [0.05, 0.1) is 20.5 Å². The highest BCUT2D eigenvalue weighted by atomic mass is 35.5. The molecule has 0 spiro atoms. The molecule has 1 unspecified atom stereocenters. The van der Waals surface area contributed by atoms with Gasteiger partial charge in [-0.25, -0.2) is 0 Å². The zero-order valence-electron chi connectivity index (χ0n) is 11.0. The number of nitro benzene ring substituents is 1. The normalized spacial score (nSPS) is 12.0. The van der Waals surface area contributed by atoms with Gasteiger partial charge >= 0.3 is 0 Å². The van der Waals surface area contributed by atoms with E-state index in [1.54, 1.807) is 11.8 Å². The molecule has 20 heavy (non-hydrogen) atoms. The van der Waals surface area contributed by atoms with Gasteiger partial charge in [0, 0.05) is 18.7 Å². The standard InChI is InChI=1S/C12H14Cl2N2O3S/c1-7(6-20-2)5-15-12(17)9-3-8(16(18)19)4-10(13)11(9)14/h3-4,7H,5-6H2,1-2H3,(H,15,17). The molecule has 5 nitrogen and oxygen atoms in total. The number of hydrogen-bond acceptors (Lipinski definition) is 4. The number of thioether (sulfide) groups is 1. The average Bonchev–Trinajstić information content (AvgIpc) is 2.39. The van der Waals surface area contributed by atoms with Crippen LogP contribution < -0.4 is 5.32 Å². The van der Waals surface area contributed by atoms with Crippen LogP contribution in [0.3, 0.4) is 0 Å². The quantitative estimate of drug-likeness (QED) is 0.635. The van der Waals surface area contributed by atoms with Crippen molar-refractivity contribution in [3.63, 3.8) is 0 Å². The summed E-state index contributed by atoms with van der Waals surface area (Å²) in [6.45, 7) is 2.47. The maximum Gasteiger partial charge on any atom is 0.271 e. The molecule has 1 atom stereocenters. The summed E-state index contributed by atoms with van der Waals surface area (Å²) in [5, 5.41) is 13.5. The molecule has 0 aromatic heterocycles. The third-order valence-corrected chi connectivity index (χ3v) is 4.24. The number of hydrogen-bond donors (Lipinski definition) is 1. The van der Waals surface area contributed by atoms with E-state index in [0.29, 0.717) is 12.5 Å². The van der Waals surface area contributed by atoms with Crippen LogP contribution in [0.4, 0.5) is 5.69 Å². The van der Waals surface area contributed by atoms with Crippen LogP contribution in [0.15, 0.2) is 12.1 Å². The van der Waals surface area contributed by atoms with Gasteiger partial charge < -0.3 is 5.32 Å². The van der Waals surface area contributed by atoms with Crippen molar-refractivity contribution in [2.24, 2.45) is 5.92 Å². The maximum atomic E-state index is 12.0. The first kappa shape index (κ1) is 17.1. The van der Waals surface area contributed by atoms with Crippen molar-refractivity contribution in [2.75, 3.05) is 18.6 Å². The summed E-state index contributed by atoms with van der Waals surface area (Å²) in [5.41, 5.74) is -0.246. The van der Waals surface area contributed by atoms with Crippen molar-refractivity contribution in [3.05, 3.63) is 37.9 Å². The lowest BCUT2D eigenvalue weighted by atomic mass is 10.1. The van der Waals surface area contributed by atoms with Crippen LogP contribution in [0.25, 0.3) is 0 Å². The van der Waals surface area contributed by atoms with Crippen molar-refractivity contribution in [3.8, 4) is 0 Å². The van der Waals surface area contributed by atoms with Crippen molar-refractivity contribution >= 4 is 46.6 Å². The van der Waals surface area contributed by atoms with E-state index in [2.05, 4.69) is 5.32 Å². The molecule has 0 radical (unpaired) electrons. The van der Waals surface area contributed by atoms with E-state index in [1.165, 1.54) is 0 Å². The number of nitrogens with one attached hydrogen (secondary N) is 1. The topological polar surface area (TPSA) is 72.2 Å². The fourth-order valence-electron chi connectivity index (χ4n) is 1.55. The van der Waals surface area contributed by atoms with Gasteiger partial charge in [-0.15, -0.1) is 0 Å². The summed E-state index contributed by atoms with van der Waals surface area (Å²) in [4.78, 5) is 22.2. The van der Waals surface area contributed by atoms with Gasteiger partial charge in [0.2, 0.25) is 0 Å². The highest BCUT2D eigenvalue weighted by Crippen LogP contribution is 2.30. The minimum Gasteiger partial charge on any atom is -0.352 e. The van der Waals surface area contributed by atoms with Crippen molar-refractivity contribution in [1.82, 2.24) is 5.32 Å². The van der Waals surface area contributed by atoms with Crippen LogP contribution in [0.2, 0.25) is 10.0 Å². The molecule has 0 aliphatic carbocycles. The third-order valence-electron chi connectivity index (χ3n) is 2.53. The van der Waals surface area contributed by atoms with E-state index in [-0.39, 0.29) is 21.3 Å². The minimum atomic E-state index is -0.616. The fraction of sp³-hybridized carbons (Fsp3) is 0.417. The van der Waals surface area contributed by atoms with Gasteiger partial charge in [0.15, 0.2) is 0 Å². The zero-order valence-corrected chi connectivity index (χ0v) is 13.3. The smallest absolute Gasteiger partial charge is 0.271 e. The predicted molar refractivity (Wildman–Crippen MR) is 83.0 cm³/mol. The highest BCUT2D eigenvalue weighted by Gasteiger charge is 2.19. The molecule has 110 valence electrons. The third kappa shape index (κ3) is 4.54. The Bertz CT molecular complexity index is 526. The number of halogens is 2. The van der Waals surface area contributed by atoms with E-state index >= 15 is 0 Å². The minimum absolute atomic E-state index is 0.0109. The fourth-order valence-corrected chi connectivity index (χ4v) is 2.65. The maximum absolute atomic E-state index is 12.0. The molecule has 0 aliphatic heterocycles. The Labute approximate surface area is 131 Å². The van der Waals surface area contributed by atoms with Gasteiger partial charge in [-0.05, 0) is 17.9 Å². The Morgan fingerprint density at radius 3 is 2.70 bits per heavy atom. The molecular weight excluding hydrogens is 323 g/mol. The van der Waals surface area contributed by atoms with Crippen LogP contribution >= 0.6 is 35.0 Å². The Morgan fingerprint density at radius 2 is 2.15 bits per heavy atom. The molecule has 0 fully saturated rings. The summed E-state index contributed by atoms with van der Waals surface area (Å²) in [6.07, 6.45) is 1.98. The molecule has 1 aromatic rings. The van der Waals surface area contributed by atoms with Gasteiger partial charge in [-0.3, -0.25) is 14.9 Å². The first-order valence-electron chi connectivity index (χ1n) is 5.77. The predicted octanol–water partition coefficient (Wildman–Crippen LogP) is 3.63. The monoisotopic (exact) mass is 336 g/mol. The lowest BCUT2D eigenvalue weighted by Crippen LogP contribution is -2.29. The van der Waals surface area contributed by atoms with E-state index in [0.717, 1.165) is 17.9 Å². The van der Waals surface area contributed by atoms with Crippen molar-refractivity contribution in [1.29, 1.82) is 0 Å². The summed E-state index contributed by atoms with van der Waals surface area (Å²) in [5.74, 6) is 0.736. The Kier molecular flexibility index (Phi) is 6.58. The molecule has 0 heterocycles. The van der Waals surface area contributed by atoms with E-state index in [9.17, 15) is 14.9 Å². The molecule has 1 amide bonds. The number of amides is 1. The molecule has 0 saturated heterocycles. The lowest BCUT2D eigenvalue weighted by molar-refractivity contribution is -0.384. The Morgan fingerprint density at radius 1 is 1.50 bits per heavy atom. The second-order valence-corrected chi connectivity index (χ2v) is 6.01. The second-order valence-electron chi connectivity index (χ2n) is 4.32. The molecule has 8 heteroatoms. The van der Waals surface area contributed by atoms with Crippen LogP contribution in [0.5, 0.6) is 0 Å². The first-order valence-corrected chi connectivity index (χ1v) is 7.92. The van der Waals surface area contributed by atoms with Crippen LogP contribution in [-0.2, 0) is 0 Å². The second kappa shape index (κ2) is 7.71. The zero-order chi connectivity index (χ0) is 15.3. The van der Waals surface area contributed by atoms with Crippen LogP contribution in [0.1, 0.15) is 17.3 Å². The Balaban J connectivity index is 2.89. The number of non-ortho nitro benzene ring substituents is 1. The van der Waals surface area contributed by atoms with Crippen LogP contribution in [-0.4, -0.2) is 29.4 Å². The number of carbonyl (C=O) groups is 1. The molecule has 1 rings (SSSR count). The first-order chi connectivity index (χ1) is 9.36.